The second-order valence-corrected chi connectivity index (χ2v) is 8.05. The number of nitrogens with one attached hydrogen (secondary N) is 1. The summed E-state index contributed by atoms with van der Waals surface area (Å²) >= 11 is 0. The summed E-state index contributed by atoms with van der Waals surface area (Å²) in [5.74, 6) is 0.592. The monoisotopic (exact) mass is 350 g/mol. The molecule has 1 unspecified atom stereocenters. The Morgan fingerprint density at radius 3 is 2.85 bits per heavy atom. The van der Waals surface area contributed by atoms with Crippen LogP contribution in [0, 0.1) is 5.92 Å². The minimum atomic E-state index is 0.0209. The van der Waals surface area contributed by atoms with Crippen molar-refractivity contribution < 1.29 is 4.79 Å². The third-order valence-electron chi connectivity index (χ3n) is 6.32. The fourth-order valence-corrected chi connectivity index (χ4v) is 4.88. The van der Waals surface area contributed by atoms with Crippen LogP contribution in [-0.4, -0.2) is 39.7 Å². The van der Waals surface area contributed by atoms with Crippen LogP contribution in [0.4, 0.5) is 0 Å². The zero-order valence-corrected chi connectivity index (χ0v) is 15.3. The molecule has 1 saturated heterocycles. The van der Waals surface area contributed by atoms with Crippen molar-refractivity contribution in [3.05, 3.63) is 53.3 Å². The number of aromatic nitrogens is 2. The lowest BCUT2D eigenvalue weighted by Gasteiger charge is -2.33. The highest BCUT2D eigenvalue weighted by Gasteiger charge is 2.45. The van der Waals surface area contributed by atoms with E-state index in [-0.39, 0.29) is 17.9 Å². The summed E-state index contributed by atoms with van der Waals surface area (Å²) in [6, 6.07) is 9.38. The summed E-state index contributed by atoms with van der Waals surface area (Å²) in [6.45, 7) is 1.64. The average Bonchev–Trinajstić information content (AvgIpc) is 3.05. The molecule has 3 atom stereocenters. The predicted molar refractivity (Wildman–Crippen MR) is 99.7 cm³/mol. The average molecular weight is 350 g/mol. The Morgan fingerprint density at radius 1 is 1.23 bits per heavy atom. The van der Waals surface area contributed by atoms with Crippen molar-refractivity contribution in [3.63, 3.8) is 0 Å². The maximum absolute atomic E-state index is 13.7. The molecular formula is C21H26N4O. The Balaban J connectivity index is 1.44. The number of nitrogens with zero attached hydrogens (tertiary/aromatic N) is 3. The third kappa shape index (κ3) is 2.65. The number of hydrogen-bond donors (Lipinski definition) is 1. The van der Waals surface area contributed by atoms with Gasteiger partial charge < -0.3 is 10.2 Å². The van der Waals surface area contributed by atoms with Gasteiger partial charge in [0.1, 0.15) is 0 Å². The molecule has 1 aromatic carbocycles. The molecule has 1 aliphatic heterocycles. The van der Waals surface area contributed by atoms with Gasteiger partial charge in [-0.3, -0.25) is 9.48 Å². The summed E-state index contributed by atoms with van der Waals surface area (Å²) in [6.07, 6.45) is 8.45. The topological polar surface area (TPSA) is 50.2 Å². The highest BCUT2D eigenvalue weighted by atomic mass is 16.2. The first-order valence-electron chi connectivity index (χ1n) is 9.81. The second kappa shape index (κ2) is 6.23. The van der Waals surface area contributed by atoms with Gasteiger partial charge >= 0.3 is 0 Å². The predicted octanol–water partition coefficient (Wildman–Crippen LogP) is 2.40. The maximum atomic E-state index is 13.7. The van der Waals surface area contributed by atoms with Gasteiger partial charge in [0.15, 0.2) is 0 Å². The summed E-state index contributed by atoms with van der Waals surface area (Å²) < 4.78 is 1.83. The quantitative estimate of drug-likeness (QED) is 0.921. The van der Waals surface area contributed by atoms with E-state index in [1.807, 2.05) is 17.9 Å². The van der Waals surface area contributed by atoms with Crippen LogP contribution < -0.4 is 5.32 Å². The van der Waals surface area contributed by atoms with Gasteiger partial charge in [0.25, 0.3) is 0 Å². The fourth-order valence-electron chi connectivity index (χ4n) is 4.88. The zero-order chi connectivity index (χ0) is 17.7. The lowest BCUT2D eigenvalue weighted by molar-refractivity contribution is -0.138. The molecule has 26 heavy (non-hydrogen) atoms. The van der Waals surface area contributed by atoms with Crippen LogP contribution in [0.5, 0.6) is 0 Å². The second-order valence-electron chi connectivity index (χ2n) is 8.05. The lowest BCUT2D eigenvalue weighted by atomic mass is 9.89. The highest BCUT2D eigenvalue weighted by molar-refractivity contribution is 5.82. The van der Waals surface area contributed by atoms with Gasteiger partial charge in [0, 0.05) is 38.3 Å². The van der Waals surface area contributed by atoms with E-state index < -0.39 is 0 Å². The number of aryl methyl sites for hydroxylation is 2. The molecule has 2 aliphatic carbocycles. The van der Waals surface area contributed by atoms with E-state index in [4.69, 9.17) is 0 Å². The number of amides is 1. The maximum Gasteiger partial charge on any atom is 0.228 e. The molecule has 0 radical (unpaired) electrons. The van der Waals surface area contributed by atoms with E-state index in [1.54, 1.807) is 0 Å². The van der Waals surface area contributed by atoms with Gasteiger partial charge in [-0.15, -0.1) is 0 Å². The van der Waals surface area contributed by atoms with Crippen LogP contribution in [0.3, 0.4) is 0 Å². The first-order valence-corrected chi connectivity index (χ1v) is 9.81. The standard InChI is InChI=1S/C21H26N4O/c1-24-13-15(10-23-24)18-11-22-12-19(18)21(26)25(16-7-8-16)20-9-6-14-4-2-3-5-17(14)20/h2-5,10,13,16,18-20,22H,6-9,11-12H2,1H3/t18-,19+,20?/m1/s1. The Kier molecular flexibility index (Phi) is 3.85. The van der Waals surface area contributed by atoms with Crippen molar-refractivity contribution in [2.45, 2.75) is 43.7 Å². The van der Waals surface area contributed by atoms with Crippen LogP contribution in [0.1, 0.15) is 47.9 Å². The minimum absolute atomic E-state index is 0.0209. The molecule has 2 fully saturated rings. The number of fused-ring (bicyclic) bond motifs is 1. The summed E-state index contributed by atoms with van der Waals surface area (Å²) in [4.78, 5) is 15.9. The molecular weight excluding hydrogens is 324 g/mol. The van der Waals surface area contributed by atoms with Crippen LogP contribution in [-0.2, 0) is 18.3 Å². The van der Waals surface area contributed by atoms with Gasteiger partial charge in [-0.2, -0.15) is 5.10 Å². The Hall–Kier alpha value is -2.14. The molecule has 5 nitrogen and oxygen atoms in total. The van der Waals surface area contributed by atoms with Gasteiger partial charge in [-0.1, -0.05) is 24.3 Å². The van der Waals surface area contributed by atoms with E-state index in [9.17, 15) is 4.79 Å². The number of rotatable bonds is 4. The molecule has 5 rings (SSSR count). The highest BCUT2D eigenvalue weighted by Crippen LogP contribution is 2.44. The van der Waals surface area contributed by atoms with E-state index >= 15 is 0 Å². The van der Waals surface area contributed by atoms with E-state index in [2.05, 4.69) is 45.8 Å². The molecule has 1 N–H and O–H groups in total. The molecule has 1 saturated carbocycles. The summed E-state index contributed by atoms with van der Waals surface area (Å²) in [5.41, 5.74) is 3.97. The van der Waals surface area contributed by atoms with Crippen molar-refractivity contribution in [3.8, 4) is 0 Å². The molecule has 0 bridgehead atoms. The minimum Gasteiger partial charge on any atom is -0.332 e. The van der Waals surface area contributed by atoms with Crippen LogP contribution in [0.2, 0.25) is 0 Å². The molecule has 2 heterocycles. The SMILES string of the molecule is Cn1cc([C@H]2CNC[C@@H]2C(=O)N(C2CC2)C2CCc3ccccc32)cn1. The first kappa shape index (κ1) is 16.1. The molecule has 5 heteroatoms. The first-order chi connectivity index (χ1) is 12.7. The normalized spacial score (nSPS) is 27.5. The van der Waals surface area contributed by atoms with Gasteiger partial charge in [-0.25, -0.2) is 0 Å². The molecule has 0 spiro atoms. The number of hydrogen-bond acceptors (Lipinski definition) is 3. The Bertz CT molecular complexity index is 825. The van der Waals surface area contributed by atoms with Crippen molar-refractivity contribution in [1.29, 1.82) is 0 Å². The third-order valence-corrected chi connectivity index (χ3v) is 6.32. The summed E-state index contributed by atoms with van der Waals surface area (Å²) in [5, 5.41) is 7.77. The smallest absolute Gasteiger partial charge is 0.228 e. The van der Waals surface area contributed by atoms with Gasteiger partial charge in [-0.05, 0) is 42.4 Å². The van der Waals surface area contributed by atoms with Crippen molar-refractivity contribution in [2.75, 3.05) is 13.1 Å². The molecule has 2 aromatic rings. The number of benzene rings is 1. The fraction of sp³-hybridized carbons (Fsp3) is 0.524. The van der Waals surface area contributed by atoms with Crippen molar-refractivity contribution >= 4 is 5.91 Å². The van der Waals surface area contributed by atoms with Gasteiger partial charge in [0.05, 0.1) is 18.2 Å². The molecule has 1 amide bonds. The largest absolute Gasteiger partial charge is 0.332 e. The Labute approximate surface area is 154 Å². The molecule has 1 aromatic heterocycles. The number of carbonyl (C=O) groups excluding carboxylic acids is 1. The lowest BCUT2D eigenvalue weighted by Crippen LogP contribution is -2.42. The van der Waals surface area contributed by atoms with Gasteiger partial charge in [0.2, 0.25) is 5.91 Å². The van der Waals surface area contributed by atoms with Crippen LogP contribution >= 0.6 is 0 Å². The zero-order valence-electron chi connectivity index (χ0n) is 15.3. The van der Waals surface area contributed by atoms with Crippen LogP contribution in [0.15, 0.2) is 36.7 Å². The molecule has 3 aliphatic rings. The number of carbonyl (C=O) groups is 1. The van der Waals surface area contributed by atoms with Crippen molar-refractivity contribution in [1.82, 2.24) is 20.0 Å². The van der Waals surface area contributed by atoms with E-state index in [1.165, 1.54) is 16.7 Å². The molecule has 136 valence electrons. The Morgan fingerprint density at radius 2 is 2.08 bits per heavy atom. The van der Waals surface area contributed by atoms with Crippen molar-refractivity contribution in [2.24, 2.45) is 13.0 Å². The van der Waals surface area contributed by atoms with E-state index in [0.29, 0.717) is 11.9 Å². The van der Waals surface area contributed by atoms with Crippen LogP contribution in [0.25, 0.3) is 0 Å². The van der Waals surface area contributed by atoms with E-state index in [0.717, 1.165) is 38.8 Å². The summed E-state index contributed by atoms with van der Waals surface area (Å²) in [7, 11) is 1.94.